The van der Waals surface area contributed by atoms with Crippen LogP contribution in [0.1, 0.15) is 53.9 Å². The lowest BCUT2D eigenvalue weighted by Crippen LogP contribution is -2.44. The van der Waals surface area contributed by atoms with E-state index in [2.05, 4.69) is 67.8 Å². The summed E-state index contributed by atoms with van der Waals surface area (Å²) in [5, 5.41) is 0. The second-order valence-corrected chi connectivity index (χ2v) is 13.9. The van der Waals surface area contributed by atoms with E-state index < -0.39 is 16.1 Å². The zero-order chi connectivity index (χ0) is 22.8. The fourth-order valence-electron chi connectivity index (χ4n) is 6.36. The Morgan fingerprint density at radius 3 is 2.12 bits per heavy atom. The van der Waals surface area contributed by atoms with E-state index in [9.17, 15) is 17.8 Å². The molecule has 2 aromatic rings. The molecule has 32 heavy (non-hydrogen) atoms. The Morgan fingerprint density at radius 1 is 0.906 bits per heavy atom. The van der Waals surface area contributed by atoms with E-state index in [4.69, 9.17) is 4.74 Å². The van der Waals surface area contributed by atoms with Crippen LogP contribution < -0.4 is 4.74 Å². The number of halogens is 3. The van der Waals surface area contributed by atoms with E-state index in [1.165, 1.54) is 18.6 Å². The monoisotopic (exact) mass is 789 g/mol. The van der Waals surface area contributed by atoms with Gasteiger partial charge in [-0.2, -0.15) is 0 Å². The third-order valence-electron chi connectivity index (χ3n) is 7.30. The van der Waals surface area contributed by atoms with Crippen molar-refractivity contribution in [1.29, 1.82) is 0 Å². The number of hydrogen-bond donors (Lipinski definition) is 0. The van der Waals surface area contributed by atoms with Crippen molar-refractivity contribution in [2.45, 2.75) is 42.9 Å². The van der Waals surface area contributed by atoms with Crippen molar-refractivity contribution in [2.75, 3.05) is 0 Å². The maximum absolute atomic E-state index is 12.9. The summed E-state index contributed by atoms with van der Waals surface area (Å²) in [5.41, 5.74) is 1.01. The van der Waals surface area contributed by atoms with Crippen molar-refractivity contribution < 1.29 is 22.5 Å². The van der Waals surface area contributed by atoms with Gasteiger partial charge in [0.2, 0.25) is 0 Å². The lowest BCUT2D eigenvalue weighted by atomic mass is 9.51. The Morgan fingerprint density at radius 2 is 1.53 bits per heavy atom. The molecule has 5 nitrogen and oxygen atoms in total. The number of carbonyl (C=O) groups excluding carboxylic acids is 1. The molecule has 4 fully saturated rings. The van der Waals surface area contributed by atoms with Crippen molar-refractivity contribution in [3.63, 3.8) is 0 Å². The zero-order valence-corrected chi connectivity index (χ0v) is 24.2. The van der Waals surface area contributed by atoms with Gasteiger partial charge in [-0.15, -0.1) is 0 Å². The summed E-state index contributed by atoms with van der Waals surface area (Å²) in [6, 6.07) is 8.00. The van der Waals surface area contributed by atoms with Crippen LogP contribution in [-0.2, 0) is 10.1 Å². The molecule has 2 aromatic carbocycles. The van der Waals surface area contributed by atoms with Crippen molar-refractivity contribution in [3.05, 3.63) is 52.2 Å². The first-order valence-electron chi connectivity index (χ1n) is 10.6. The normalized spacial score (nSPS) is 28.7. The van der Waals surface area contributed by atoms with Crippen LogP contribution in [0, 0.1) is 34.4 Å². The Labute approximate surface area is 228 Å². The second-order valence-electron chi connectivity index (χ2n) is 9.22. The molecular formula is C23H20I3O5S-. The molecule has 0 saturated heterocycles. The molecule has 170 valence electrons. The maximum atomic E-state index is 12.9. The van der Waals surface area contributed by atoms with Gasteiger partial charge in [-0.3, -0.25) is 0 Å². The predicted molar refractivity (Wildman–Crippen MR) is 144 cm³/mol. The minimum atomic E-state index is -4.62. The van der Waals surface area contributed by atoms with Gasteiger partial charge in [0.05, 0.1) is 10.5 Å². The first kappa shape index (κ1) is 23.7. The summed E-state index contributed by atoms with van der Waals surface area (Å²) in [7, 11) is -4.62. The molecule has 0 amide bonds. The van der Waals surface area contributed by atoms with Crippen LogP contribution in [0.25, 0.3) is 0 Å². The molecule has 9 heteroatoms. The van der Waals surface area contributed by atoms with Crippen LogP contribution in [0.15, 0.2) is 35.2 Å². The van der Waals surface area contributed by atoms with Crippen molar-refractivity contribution in [2.24, 2.45) is 23.7 Å². The molecule has 0 aromatic heterocycles. The van der Waals surface area contributed by atoms with Gasteiger partial charge >= 0.3 is 5.97 Å². The first-order valence-corrected chi connectivity index (χ1v) is 15.2. The Balaban J connectivity index is 1.51. The van der Waals surface area contributed by atoms with Gasteiger partial charge in [-0.25, -0.2) is 13.2 Å². The Hall–Kier alpha value is 0.0100. The number of carbonyl (C=O) groups is 1. The molecule has 0 atom stereocenters. The van der Waals surface area contributed by atoms with Crippen molar-refractivity contribution >= 4 is 83.9 Å². The van der Waals surface area contributed by atoms with E-state index in [0.29, 0.717) is 23.0 Å². The Bertz CT molecular complexity index is 1180. The average molecular weight is 789 g/mol. The van der Waals surface area contributed by atoms with E-state index in [1.54, 1.807) is 12.1 Å². The molecule has 4 saturated carbocycles. The van der Waals surface area contributed by atoms with Crippen molar-refractivity contribution in [1.82, 2.24) is 0 Å². The van der Waals surface area contributed by atoms with Gasteiger partial charge in [-0.05, 0) is 165 Å². The molecule has 0 spiro atoms. The highest BCUT2D eigenvalue weighted by atomic mass is 127. The average Bonchev–Trinajstić information content (AvgIpc) is 2.70. The minimum absolute atomic E-state index is 0.0413. The molecule has 4 aliphatic rings. The molecule has 0 radical (unpaired) electrons. The highest BCUT2D eigenvalue weighted by Gasteiger charge is 2.49. The maximum Gasteiger partial charge on any atom is 0.344 e. The van der Waals surface area contributed by atoms with Gasteiger partial charge in [0.25, 0.3) is 0 Å². The van der Waals surface area contributed by atoms with Crippen LogP contribution >= 0.6 is 67.8 Å². The largest absolute Gasteiger partial charge is 0.744 e. The van der Waals surface area contributed by atoms with Gasteiger partial charge < -0.3 is 9.29 Å². The second kappa shape index (κ2) is 8.90. The molecule has 0 unspecified atom stereocenters. The fourth-order valence-corrected chi connectivity index (χ4v) is 9.20. The number of esters is 1. The standard InChI is InChI=1S/C23H21I3O5S/c24-18-3-2-16(21(25)22(18)26)23(27)31-15-1-4-19(32(28,29)30)17(10-15)20-13-6-11-5-12(8-13)9-14(20)7-11/h1-4,10-14,20H,5-9H2,(H,28,29,30)/p-1. The first-order chi connectivity index (χ1) is 15.1. The van der Waals surface area contributed by atoms with E-state index in [0.717, 1.165) is 48.2 Å². The highest BCUT2D eigenvalue weighted by molar-refractivity contribution is 14.1. The quantitative estimate of drug-likeness (QED) is 0.122. The van der Waals surface area contributed by atoms with Crippen LogP contribution in [0.4, 0.5) is 0 Å². The van der Waals surface area contributed by atoms with Crippen LogP contribution in [0.2, 0.25) is 0 Å². The van der Waals surface area contributed by atoms with Gasteiger partial charge in [0.15, 0.2) is 0 Å². The highest BCUT2D eigenvalue weighted by Crippen LogP contribution is 2.60. The summed E-state index contributed by atoms with van der Waals surface area (Å²) in [6.07, 6.45) is 5.68. The third-order valence-corrected chi connectivity index (χ3v) is 13.4. The lowest BCUT2D eigenvalue weighted by molar-refractivity contribution is -0.00374. The minimum Gasteiger partial charge on any atom is -0.744 e. The van der Waals surface area contributed by atoms with E-state index >= 15 is 0 Å². The van der Waals surface area contributed by atoms with Gasteiger partial charge in [0, 0.05) is 10.7 Å². The molecule has 0 N–H and O–H groups in total. The summed E-state index contributed by atoms with van der Waals surface area (Å²) in [5.74, 6) is 2.10. The molecule has 4 bridgehead atoms. The summed E-state index contributed by atoms with van der Waals surface area (Å²) >= 11 is 6.56. The molecule has 0 heterocycles. The zero-order valence-electron chi connectivity index (χ0n) is 16.9. The van der Waals surface area contributed by atoms with Crippen molar-refractivity contribution in [3.8, 4) is 5.75 Å². The molecule has 0 aliphatic heterocycles. The van der Waals surface area contributed by atoms with Gasteiger partial charge in [-0.1, -0.05) is 0 Å². The van der Waals surface area contributed by atoms with E-state index in [-0.39, 0.29) is 16.6 Å². The van der Waals surface area contributed by atoms with E-state index in [1.807, 2.05) is 6.07 Å². The smallest absolute Gasteiger partial charge is 0.344 e. The number of ether oxygens (including phenoxy) is 1. The number of benzene rings is 2. The summed E-state index contributed by atoms with van der Waals surface area (Å²) in [4.78, 5) is 12.7. The number of rotatable bonds is 4. The fraction of sp³-hybridized carbons (Fsp3) is 0.435. The lowest BCUT2D eigenvalue weighted by Gasteiger charge is -2.55. The molecule has 4 aliphatic carbocycles. The predicted octanol–water partition coefficient (Wildman–Crippen LogP) is 6.16. The summed E-state index contributed by atoms with van der Waals surface area (Å²) < 4.78 is 44.8. The topological polar surface area (TPSA) is 83.5 Å². The molecular weight excluding hydrogens is 769 g/mol. The Kier molecular flexibility index (Phi) is 6.60. The van der Waals surface area contributed by atoms with Crippen LogP contribution in [-0.4, -0.2) is 18.9 Å². The third kappa shape index (κ3) is 4.37. The summed E-state index contributed by atoms with van der Waals surface area (Å²) in [6.45, 7) is 0. The SMILES string of the molecule is O=C(Oc1ccc(S(=O)(=O)[O-])c(C2C3CC4CC(C3)CC2C4)c1)c1ccc(I)c(I)c1I. The van der Waals surface area contributed by atoms with Gasteiger partial charge in [0.1, 0.15) is 15.9 Å². The number of hydrogen-bond acceptors (Lipinski definition) is 5. The van der Waals surface area contributed by atoms with Crippen LogP contribution in [0.5, 0.6) is 5.75 Å². The molecule has 6 rings (SSSR count). The van der Waals surface area contributed by atoms with Crippen LogP contribution in [0.3, 0.4) is 0 Å².